The second kappa shape index (κ2) is 4.92. The Bertz CT molecular complexity index is 620. The Morgan fingerprint density at radius 3 is 2.70 bits per heavy atom. The fourth-order valence-electron chi connectivity index (χ4n) is 2.64. The predicted octanol–water partition coefficient (Wildman–Crippen LogP) is 2.75. The lowest BCUT2D eigenvalue weighted by Gasteiger charge is -2.42. The predicted molar refractivity (Wildman–Crippen MR) is 79.8 cm³/mol. The number of hydrogen-bond acceptors (Lipinski definition) is 4. The molecule has 0 saturated carbocycles. The number of nitrogens with one attached hydrogen (secondary N) is 1. The maximum atomic E-state index is 12.4. The maximum Gasteiger partial charge on any atom is 0.0999 e. The molecule has 0 radical (unpaired) electrons. The van der Waals surface area contributed by atoms with Gasteiger partial charge in [-0.1, -0.05) is 26.0 Å². The van der Waals surface area contributed by atoms with Crippen molar-refractivity contribution in [3.63, 3.8) is 0 Å². The van der Waals surface area contributed by atoms with Crippen LogP contribution in [0.4, 0.5) is 5.69 Å². The first-order valence-electron chi connectivity index (χ1n) is 6.95. The summed E-state index contributed by atoms with van der Waals surface area (Å²) in [6.07, 6.45) is 1.81. The van der Waals surface area contributed by atoms with Crippen molar-refractivity contribution < 1.29 is 0 Å². The summed E-state index contributed by atoms with van der Waals surface area (Å²) in [5.41, 5.74) is 3.53. The van der Waals surface area contributed by atoms with E-state index in [4.69, 9.17) is 0 Å². The van der Waals surface area contributed by atoms with Crippen LogP contribution in [0.3, 0.4) is 0 Å². The molecule has 0 bridgehead atoms. The van der Waals surface area contributed by atoms with E-state index in [2.05, 4.69) is 24.1 Å². The molecule has 0 aliphatic carbocycles. The molecule has 0 spiro atoms. The summed E-state index contributed by atoms with van der Waals surface area (Å²) in [7, 11) is 0. The number of fused-ring (bicyclic) bond motifs is 3. The zero-order chi connectivity index (χ0) is 14.3. The fourth-order valence-corrected chi connectivity index (χ4v) is 2.64. The first-order chi connectivity index (χ1) is 9.59. The van der Waals surface area contributed by atoms with Crippen molar-refractivity contribution in [3.05, 3.63) is 47.2 Å². The number of anilines is 1. The van der Waals surface area contributed by atoms with Crippen LogP contribution in [-0.2, 0) is 6.54 Å². The fraction of sp³-hybridized carbons (Fsp3) is 0.400. The quantitative estimate of drug-likeness (QED) is 0.932. The van der Waals surface area contributed by atoms with E-state index >= 15 is 0 Å². The molecule has 1 aromatic heterocycles. The van der Waals surface area contributed by atoms with Crippen molar-refractivity contribution in [2.45, 2.75) is 39.4 Å². The smallest absolute Gasteiger partial charge is 0.0999 e. The molecular weight excluding hydrogens is 252 g/mol. The van der Waals surface area contributed by atoms with Crippen molar-refractivity contribution in [2.24, 2.45) is 0 Å². The summed E-state index contributed by atoms with van der Waals surface area (Å²) in [6.45, 7) is 6.80. The van der Waals surface area contributed by atoms with Gasteiger partial charge in [-0.05, 0) is 19.1 Å². The Kier molecular flexibility index (Phi) is 3.23. The lowest BCUT2D eigenvalue weighted by Crippen LogP contribution is -2.30. The highest BCUT2D eigenvalue weighted by atomic mass is 16.5. The summed E-state index contributed by atoms with van der Waals surface area (Å²) >= 11 is 0. The van der Waals surface area contributed by atoms with Crippen LogP contribution in [-0.4, -0.2) is 15.6 Å². The molecular formula is C15H19N4O-. The van der Waals surface area contributed by atoms with E-state index in [0.29, 0.717) is 18.3 Å². The first kappa shape index (κ1) is 13.1. The number of aromatic nitrogens is 2. The van der Waals surface area contributed by atoms with Crippen LogP contribution in [0.25, 0.3) is 5.69 Å². The molecule has 0 amide bonds. The third-order valence-corrected chi connectivity index (χ3v) is 3.69. The average Bonchev–Trinajstić information content (AvgIpc) is 2.86. The number of rotatable bonds is 3. The lowest BCUT2D eigenvalue weighted by molar-refractivity contribution is 0.572. The number of benzene rings is 1. The standard InChI is InChI=1S/C15H19N4O/c1-10(2)16-8-12-15-11(3)19(20)14-7-5-4-6-13(14)18(15)9-17-12/h4-7,9-11,16H,8H2,1-3H3/q-1. The van der Waals surface area contributed by atoms with Gasteiger partial charge < -0.3 is 15.6 Å². The summed E-state index contributed by atoms with van der Waals surface area (Å²) in [5, 5.41) is 16.9. The molecule has 106 valence electrons. The number of hydrogen-bond donors (Lipinski definition) is 1. The Morgan fingerprint density at radius 1 is 1.30 bits per heavy atom. The van der Waals surface area contributed by atoms with E-state index in [1.807, 2.05) is 42.1 Å². The largest absolute Gasteiger partial charge is 0.758 e. The van der Waals surface area contributed by atoms with Gasteiger partial charge in [0.15, 0.2) is 0 Å². The molecule has 1 atom stereocenters. The molecule has 5 heteroatoms. The number of para-hydroxylation sites is 2. The minimum absolute atomic E-state index is 0.226. The van der Waals surface area contributed by atoms with Crippen LogP contribution < -0.4 is 10.4 Å². The third-order valence-electron chi connectivity index (χ3n) is 3.69. The molecule has 3 rings (SSSR count). The molecule has 0 fully saturated rings. The zero-order valence-corrected chi connectivity index (χ0v) is 12.0. The summed E-state index contributed by atoms with van der Waals surface area (Å²) in [5.74, 6) is 0. The second-order valence-corrected chi connectivity index (χ2v) is 5.47. The van der Waals surface area contributed by atoms with Crippen LogP contribution in [0.5, 0.6) is 0 Å². The Morgan fingerprint density at radius 2 is 2.00 bits per heavy atom. The first-order valence-corrected chi connectivity index (χ1v) is 6.95. The van der Waals surface area contributed by atoms with Gasteiger partial charge in [-0.2, -0.15) is 0 Å². The number of imidazole rings is 1. The van der Waals surface area contributed by atoms with Gasteiger partial charge in [-0.15, -0.1) is 0 Å². The van der Waals surface area contributed by atoms with Crippen LogP contribution in [0.2, 0.25) is 0 Å². The summed E-state index contributed by atoms with van der Waals surface area (Å²) in [6, 6.07) is 7.81. The maximum absolute atomic E-state index is 12.4. The van der Waals surface area contributed by atoms with Crippen LogP contribution in [0, 0.1) is 5.21 Å². The molecule has 20 heavy (non-hydrogen) atoms. The molecule has 1 unspecified atom stereocenters. The van der Waals surface area contributed by atoms with Gasteiger partial charge in [0.1, 0.15) is 0 Å². The highest BCUT2D eigenvalue weighted by molar-refractivity contribution is 5.67. The molecule has 1 aromatic carbocycles. The van der Waals surface area contributed by atoms with Gasteiger partial charge in [0.2, 0.25) is 0 Å². The average molecular weight is 271 g/mol. The topological polar surface area (TPSA) is 56.2 Å². The van der Waals surface area contributed by atoms with E-state index in [0.717, 1.165) is 22.1 Å². The van der Waals surface area contributed by atoms with E-state index in [-0.39, 0.29) is 6.04 Å². The van der Waals surface area contributed by atoms with E-state index in [9.17, 15) is 5.21 Å². The minimum Gasteiger partial charge on any atom is -0.758 e. The van der Waals surface area contributed by atoms with Gasteiger partial charge in [-0.25, -0.2) is 4.98 Å². The highest BCUT2D eigenvalue weighted by Crippen LogP contribution is 2.38. The zero-order valence-electron chi connectivity index (χ0n) is 12.0. The van der Waals surface area contributed by atoms with Gasteiger partial charge in [-0.3, -0.25) is 4.57 Å². The van der Waals surface area contributed by atoms with Crippen LogP contribution >= 0.6 is 0 Å². The van der Waals surface area contributed by atoms with Gasteiger partial charge in [0, 0.05) is 12.6 Å². The molecule has 2 aromatic rings. The normalized spacial score (nSPS) is 17.2. The SMILES string of the molecule is CC(C)NCc1ncn2c1C(C)N([O-])c1ccccc1-2. The molecule has 1 aliphatic heterocycles. The Labute approximate surface area is 118 Å². The van der Waals surface area contributed by atoms with Gasteiger partial charge >= 0.3 is 0 Å². The van der Waals surface area contributed by atoms with E-state index in [1.165, 1.54) is 0 Å². The second-order valence-electron chi connectivity index (χ2n) is 5.47. The van der Waals surface area contributed by atoms with Crippen molar-refractivity contribution in [1.29, 1.82) is 0 Å². The molecule has 1 N–H and O–H groups in total. The molecule has 2 heterocycles. The summed E-state index contributed by atoms with van der Waals surface area (Å²) in [4.78, 5) is 4.49. The summed E-state index contributed by atoms with van der Waals surface area (Å²) < 4.78 is 2.03. The lowest BCUT2D eigenvalue weighted by atomic mass is 10.1. The highest BCUT2D eigenvalue weighted by Gasteiger charge is 2.26. The Hall–Kier alpha value is -1.85. The Balaban J connectivity index is 2.06. The monoisotopic (exact) mass is 271 g/mol. The van der Waals surface area contributed by atoms with Crippen molar-refractivity contribution >= 4 is 5.69 Å². The van der Waals surface area contributed by atoms with Crippen molar-refractivity contribution in [3.8, 4) is 5.69 Å². The van der Waals surface area contributed by atoms with Crippen molar-refractivity contribution in [1.82, 2.24) is 14.9 Å². The molecule has 5 nitrogen and oxygen atoms in total. The van der Waals surface area contributed by atoms with E-state index < -0.39 is 0 Å². The van der Waals surface area contributed by atoms with Crippen molar-refractivity contribution in [2.75, 3.05) is 5.06 Å². The van der Waals surface area contributed by atoms with Gasteiger partial charge in [0.25, 0.3) is 0 Å². The number of nitrogens with zero attached hydrogens (tertiary/aromatic N) is 3. The van der Waals surface area contributed by atoms with Crippen LogP contribution in [0.1, 0.15) is 38.2 Å². The van der Waals surface area contributed by atoms with Crippen LogP contribution in [0.15, 0.2) is 30.6 Å². The molecule has 0 saturated heterocycles. The van der Waals surface area contributed by atoms with Gasteiger partial charge in [0.05, 0.1) is 35.1 Å². The number of hydroxylamine groups is 1. The minimum atomic E-state index is -0.226. The van der Waals surface area contributed by atoms with E-state index in [1.54, 1.807) is 0 Å². The molecule has 1 aliphatic rings. The third kappa shape index (κ3) is 1.99.